The molecule has 7 nitrogen and oxygen atoms in total. The number of rotatable bonds is 4. The van der Waals surface area contributed by atoms with Crippen LogP contribution in [0.1, 0.15) is 19.8 Å². The molecule has 7 heteroatoms. The Morgan fingerprint density at radius 2 is 1.89 bits per heavy atom. The third-order valence-corrected chi connectivity index (χ3v) is 3.24. The van der Waals surface area contributed by atoms with Crippen molar-refractivity contribution in [2.75, 3.05) is 19.6 Å². The molecule has 1 rings (SSSR count). The highest BCUT2D eigenvalue weighted by Gasteiger charge is 2.25. The Labute approximate surface area is 105 Å². The van der Waals surface area contributed by atoms with E-state index in [2.05, 4.69) is 5.32 Å². The summed E-state index contributed by atoms with van der Waals surface area (Å²) in [5, 5.41) is 29.3. The minimum absolute atomic E-state index is 0.207. The summed E-state index contributed by atoms with van der Waals surface area (Å²) >= 11 is 0. The second-order valence-electron chi connectivity index (χ2n) is 4.61. The van der Waals surface area contributed by atoms with Crippen molar-refractivity contribution in [3.63, 3.8) is 0 Å². The largest absolute Gasteiger partial charge is 0.479 e. The summed E-state index contributed by atoms with van der Waals surface area (Å²) in [6, 6.07) is -0.376. The second kappa shape index (κ2) is 6.55. The standard InChI is InChI=1S/C11H20N2O5/c1-7(14)8-2-4-13(5-3-8)11(18)12-6-9(15)10(16)17/h7-9,14-15H,2-6H2,1H3,(H,12,18)(H,16,17). The van der Waals surface area contributed by atoms with E-state index in [0.717, 1.165) is 12.8 Å². The number of nitrogens with one attached hydrogen (secondary N) is 1. The van der Waals surface area contributed by atoms with Crippen LogP contribution in [0.25, 0.3) is 0 Å². The van der Waals surface area contributed by atoms with Gasteiger partial charge in [0.2, 0.25) is 0 Å². The van der Waals surface area contributed by atoms with Crippen molar-refractivity contribution in [1.29, 1.82) is 0 Å². The molecule has 0 radical (unpaired) electrons. The molecule has 0 aliphatic carbocycles. The third-order valence-electron chi connectivity index (χ3n) is 3.24. The average Bonchev–Trinajstić information content (AvgIpc) is 2.35. The molecule has 18 heavy (non-hydrogen) atoms. The fraction of sp³-hybridized carbons (Fsp3) is 0.818. The number of aliphatic carboxylic acids is 1. The highest BCUT2D eigenvalue weighted by molar-refractivity contribution is 5.76. The Hall–Kier alpha value is -1.34. The quantitative estimate of drug-likeness (QED) is 0.531. The van der Waals surface area contributed by atoms with Crippen molar-refractivity contribution in [2.45, 2.75) is 32.0 Å². The summed E-state index contributed by atoms with van der Waals surface area (Å²) in [4.78, 5) is 23.6. The number of likely N-dealkylation sites (tertiary alicyclic amines) is 1. The first-order valence-corrected chi connectivity index (χ1v) is 6.03. The van der Waals surface area contributed by atoms with Crippen LogP contribution in [0.15, 0.2) is 0 Å². The number of aliphatic hydroxyl groups excluding tert-OH is 2. The van der Waals surface area contributed by atoms with Crippen molar-refractivity contribution in [3.8, 4) is 0 Å². The van der Waals surface area contributed by atoms with Crippen molar-refractivity contribution in [1.82, 2.24) is 10.2 Å². The molecule has 0 spiro atoms. The highest BCUT2D eigenvalue weighted by atomic mass is 16.4. The van der Waals surface area contributed by atoms with Gasteiger partial charge in [0, 0.05) is 13.1 Å². The number of urea groups is 1. The van der Waals surface area contributed by atoms with Gasteiger partial charge < -0.3 is 25.5 Å². The molecule has 1 aliphatic heterocycles. The molecule has 0 aromatic heterocycles. The molecule has 1 saturated heterocycles. The fourth-order valence-electron chi connectivity index (χ4n) is 1.97. The number of carboxylic acids is 1. The van der Waals surface area contributed by atoms with Crippen LogP contribution in [0.4, 0.5) is 4.79 Å². The van der Waals surface area contributed by atoms with Gasteiger partial charge in [0.1, 0.15) is 0 Å². The Bertz CT molecular complexity index is 300. The Morgan fingerprint density at radius 1 is 1.33 bits per heavy atom. The number of nitrogens with zero attached hydrogens (tertiary/aromatic N) is 1. The SMILES string of the molecule is CC(O)C1CCN(C(=O)NCC(O)C(=O)O)CC1. The lowest BCUT2D eigenvalue weighted by Crippen LogP contribution is -2.48. The van der Waals surface area contributed by atoms with Gasteiger partial charge in [0.15, 0.2) is 6.10 Å². The zero-order valence-electron chi connectivity index (χ0n) is 10.4. The summed E-state index contributed by atoms with van der Waals surface area (Å²) in [6.45, 7) is 2.50. The van der Waals surface area contributed by atoms with E-state index in [9.17, 15) is 14.7 Å². The van der Waals surface area contributed by atoms with Crippen LogP contribution in [0, 0.1) is 5.92 Å². The molecular formula is C11H20N2O5. The zero-order chi connectivity index (χ0) is 13.7. The first-order valence-electron chi connectivity index (χ1n) is 6.03. The van der Waals surface area contributed by atoms with E-state index in [-0.39, 0.29) is 24.6 Å². The van der Waals surface area contributed by atoms with E-state index in [4.69, 9.17) is 10.2 Å². The number of hydrogen-bond acceptors (Lipinski definition) is 4. The number of piperidine rings is 1. The molecular weight excluding hydrogens is 240 g/mol. The molecule has 0 aromatic carbocycles. The molecule has 1 fully saturated rings. The summed E-state index contributed by atoms with van der Waals surface area (Å²) in [5.74, 6) is -1.15. The van der Waals surface area contributed by atoms with Gasteiger partial charge in [0.05, 0.1) is 12.6 Å². The van der Waals surface area contributed by atoms with Crippen molar-refractivity contribution < 1.29 is 24.9 Å². The third kappa shape index (κ3) is 4.15. The summed E-state index contributed by atoms with van der Waals surface area (Å²) in [5.41, 5.74) is 0. The fourth-order valence-corrected chi connectivity index (χ4v) is 1.97. The van der Waals surface area contributed by atoms with E-state index < -0.39 is 12.1 Å². The Morgan fingerprint density at radius 3 is 2.33 bits per heavy atom. The monoisotopic (exact) mass is 260 g/mol. The Balaban J connectivity index is 2.30. The highest BCUT2D eigenvalue weighted by Crippen LogP contribution is 2.20. The van der Waals surface area contributed by atoms with Gasteiger partial charge in [-0.25, -0.2) is 9.59 Å². The number of amides is 2. The van der Waals surface area contributed by atoms with E-state index in [1.807, 2.05) is 0 Å². The molecule has 4 N–H and O–H groups in total. The summed E-state index contributed by atoms with van der Waals surface area (Å²) in [6.07, 6.45) is -0.493. The maximum Gasteiger partial charge on any atom is 0.334 e. The van der Waals surface area contributed by atoms with Crippen LogP contribution in [-0.2, 0) is 4.79 Å². The number of carbonyl (C=O) groups excluding carboxylic acids is 1. The maximum absolute atomic E-state index is 11.6. The molecule has 2 amide bonds. The van der Waals surface area contributed by atoms with Crippen LogP contribution in [-0.4, -0.2) is 64.1 Å². The minimum Gasteiger partial charge on any atom is -0.479 e. The molecule has 0 saturated carbocycles. The van der Waals surface area contributed by atoms with Gasteiger partial charge in [-0.3, -0.25) is 0 Å². The van der Waals surface area contributed by atoms with Gasteiger partial charge in [-0.05, 0) is 25.7 Å². The molecule has 1 aliphatic rings. The van der Waals surface area contributed by atoms with Gasteiger partial charge >= 0.3 is 12.0 Å². The van der Waals surface area contributed by atoms with E-state index in [0.29, 0.717) is 13.1 Å². The van der Waals surface area contributed by atoms with Crippen LogP contribution >= 0.6 is 0 Å². The Kier molecular flexibility index (Phi) is 5.36. The van der Waals surface area contributed by atoms with Gasteiger partial charge in [0.25, 0.3) is 0 Å². The molecule has 1 heterocycles. The predicted molar refractivity (Wildman–Crippen MR) is 63.0 cm³/mol. The molecule has 0 aromatic rings. The smallest absolute Gasteiger partial charge is 0.334 e. The van der Waals surface area contributed by atoms with E-state index in [1.54, 1.807) is 11.8 Å². The van der Waals surface area contributed by atoms with Crippen LogP contribution < -0.4 is 5.32 Å². The second-order valence-corrected chi connectivity index (χ2v) is 4.61. The van der Waals surface area contributed by atoms with Gasteiger partial charge in [-0.2, -0.15) is 0 Å². The van der Waals surface area contributed by atoms with Crippen LogP contribution in [0.3, 0.4) is 0 Å². The van der Waals surface area contributed by atoms with Crippen LogP contribution in [0.2, 0.25) is 0 Å². The maximum atomic E-state index is 11.6. The number of carboxylic acid groups (broad SMARTS) is 1. The minimum atomic E-state index is -1.58. The normalized spacial score (nSPS) is 20.3. The van der Waals surface area contributed by atoms with Crippen molar-refractivity contribution >= 4 is 12.0 Å². The average molecular weight is 260 g/mol. The summed E-state index contributed by atoms with van der Waals surface area (Å²) < 4.78 is 0. The van der Waals surface area contributed by atoms with Gasteiger partial charge in [-0.1, -0.05) is 0 Å². The zero-order valence-corrected chi connectivity index (χ0v) is 10.4. The molecule has 0 bridgehead atoms. The first-order chi connectivity index (χ1) is 8.41. The van der Waals surface area contributed by atoms with E-state index >= 15 is 0 Å². The lowest BCUT2D eigenvalue weighted by molar-refractivity contribution is -0.146. The van der Waals surface area contributed by atoms with Crippen molar-refractivity contribution in [3.05, 3.63) is 0 Å². The van der Waals surface area contributed by atoms with Crippen LogP contribution in [0.5, 0.6) is 0 Å². The van der Waals surface area contributed by atoms with Gasteiger partial charge in [-0.15, -0.1) is 0 Å². The first kappa shape index (κ1) is 14.7. The molecule has 104 valence electrons. The lowest BCUT2D eigenvalue weighted by Gasteiger charge is -2.33. The number of hydrogen-bond donors (Lipinski definition) is 4. The predicted octanol–water partition coefficient (Wildman–Crippen LogP) is -0.766. The summed E-state index contributed by atoms with van der Waals surface area (Å²) in [7, 11) is 0. The van der Waals surface area contributed by atoms with E-state index in [1.165, 1.54) is 0 Å². The number of carbonyl (C=O) groups is 2. The number of aliphatic hydroxyl groups is 2. The molecule has 2 atom stereocenters. The molecule has 2 unspecified atom stereocenters. The van der Waals surface area contributed by atoms with Crippen molar-refractivity contribution in [2.24, 2.45) is 5.92 Å². The topological polar surface area (TPSA) is 110 Å². The lowest BCUT2D eigenvalue weighted by atomic mass is 9.92.